The zero-order chi connectivity index (χ0) is 4.50. The van der Waals surface area contributed by atoms with E-state index in [-0.39, 0.29) is 29.6 Å². The molecule has 0 N–H and O–H groups in total. The first-order chi connectivity index (χ1) is 2.00. The molecule has 0 nitrogen and oxygen atoms in total. The largest absolute Gasteiger partial charge is 0.559 e. The fraction of sp³-hybridized carbons (Fsp3) is 1.00. The van der Waals surface area contributed by atoms with E-state index in [4.69, 9.17) is 0 Å². The smallest absolute Gasteiger partial charge is 0.140 e. The zero-order valence-electron chi connectivity index (χ0n) is 3.01. The summed E-state index contributed by atoms with van der Waals surface area (Å²) < 4.78 is 38.8. The molecular weight excluding hydrogens is 111 g/mol. The molecule has 0 rings (SSSR count). The van der Waals surface area contributed by atoms with Crippen LogP contribution in [0.2, 0.25) is 0 Å². The normalized spacial score (nSPS) is 10.0. The summed E-state index contributed by atoms with van der Waals surface area (Å²) in [6, 6.07) is 0. The number of hydrogen-bond donors (Lipinski definition) is 0. The SMILES string of the molecule is FC(F)(F)F.[Na]. The summed E-state index contributed by atoms with van der Waals surface area (Å²) in [4.78, 5) is 0. The summed E-state index contributed by atoms with van der Waals surface area (Å²) >= 11 is 0. The minimum absolute atomic E-state index is 0. The van der Waals surface area contributed by atoms with E-state index in [9.17, 15) is 17.6 Å². The maximum absolute atomic E-state index is 9.69. The molecule has 6 heavy (non-hydrogen) atoms. The molecule has 5 heteroatoms. The number of halogens is 4. The Morgan fingerprint density at radius 1 is 0.833 bits per heavy atom. The number of alkyl halides is 4. The van der Waals surface area contributed by atoms with E-state index in [0.717, 1.165) is 0 Å². The Kier molecular flexibility index (Phi) is 4.64. The third-order valence-corrected chi connectivity index (χ3v) is 0. The van der Waals surface area contributed by atoms with Gasteiger partial charge in [0.1, 0.15) is 0 Å². The number of hydrogen-bond acceptors (Lipinski definition) is 0. The molecule has 0 aromatic rings. The summed E-state index contributed by atoms with van der Waals surface area (Å²) in [6.45, 7) is 0. The van der Waals surface area contributed by atoms with Crippen LogP contribution in [0.5, 0.6) is 0 Å². The Balaban J connectivity index is 0. The molecule has 0 aliphatic carbocycles. The van der Waals surface area contributed by atoms with Crippen LogP contribution in [0.1, 0.15) is 0 Å². The summed E-state index contributed by atoms with van der Waals surface area (Å²) in [5.41, 5.74) is 0. The van der Waals surface area contributed by atoms with Gasteiger partial charge in [-0.25, -0.2) is 0 Å². The van der Waals surface area contributed by atoms with E-state index in [1.807, 2.05) is 0 Å². The molecule has 0 bridgehead atoms. The first-order valence-electron chi connectivity index (χ1n) is 0.756. The minimum atomic E-state index is -5.50. The van der Waals surface area contributed by atoms with Crippen LogP contribution in [0.4, 0.5) is 17.6 Å². The van der Waals surface area contributed by atoms with Crippen LogP contribution in [0.3, 0.4) is 0 Å². The van der Waals surface area contributed by atoms with Gasteiger partial charge in [0.25, 0.3) is 0 Å². The fourth-order valence-electron chi connectivity index (χ4n) is 0. The van der Waals surface area contributed by atoms with Gasteiger partial charge in [0.15, 0.2) is 0 Å². The van der Waals surface area contributed by atoms with Crippen molar-refractivity contribution in [2.75, 3.05) is 0 Å². The van der Waals surface area contributed by atoms with Crippen molar-refractivity contribution in [2.24, 2.45) is 0 Å². The van der Waals surface area contributed by atoms with Crippen molar-refractivity contribution < 1.29 is 17.6 Å². The van der Waals surface area contributed by atoms with E-state index >= 15 is 0 Å². The van der Waals surface area contributed by atoms with E-state index in [1.54, 1.807) is 0 Å². The van der Waals surface area contributed by atoms with Crippen LogP contribution in [-0.4, -0.2) is 36.0 Å². The van der Waals surface area contributed by atoms with Crippen molar-refractivity contribution in [1.82, 2.24) is 0 Å². The molecule has 0 aromatic heterocycles. The Morgan fingerprint density at radius 3 is 0.833 bits per heavy atom. The molecule has 0 heterocycles. The van der Waals surface area contributed by atoms with Gasteiger partial charge in [0, 0.05) is 29.6 Å². The van der Waals surface area contributed by atoms with Gasteiger partial charge in [0.2, 0.25) is 0 Å². The topological polar surface area (TPSA) is 0 Å². The van der Waals surface area contributed by atoms with Gasteiger partial charge in [-0.05, 0) is 0 Å². The predicted molar refractivity (Wildman–Crippen MR) is 12.9 cm³/mol. The predicted octanol–water partition coefficient (Wildman–Crippen LogP) is 1.09. The second-order valence-corrected chi connectivity index (χ2v) is 0.429. The van der Waals surface area contributed by atoms with Crippen LogP contribution >= 0.6 is 0 Å². The molecule has 0 amide bonds. The van der Waals surface area contributed by atoms with Gasteiger partial charge in [-0.2, -0.15) is 0 Å². The molecule has 33 valence electrons. The second-order valence-electron chi connectivity index (χ2n) is 0.429. The van der Waals surface area contributed by atoms with Crippen molar-refractivity contribution in [3.05, 3.63) is 0 Å². The molecule has 0 saturated heterocycles. The standard InChI is InChI=1S/CF4.Na/c2-1(3,4)5;. The maximum atomic E-state index is 9.69. The molecule has 0 atom stereocenters. The molecule has 0 fully saturated rings. The molecule has 0 aliphatic heterocycles. The Labute approximate surface area is 53.8 Å². The number of rotatable bonds is 0. The zero-order valence-corrected chi connectivity index (χ0v) is 5.01. The van der Waals surface area contributed by atoms with Crippen molar-refractivity contribution >= 4 is 29.6 Å². The first-order valence-corrected chi connectivity index (χ1v) is 0.756. The van der Waals surface area contributed by atoms with E-state index in [1.165, 1.54) is 0 Å². The van der Waals surface area contributed by atoms with Crippen molar-refractivity contribution in [1.29, 1.82) is 0 Å². The average molecular weight is 111 g/mol. The van der Waals surface area contributed by atoms with Crippen LogP contribution in [-0.2, 0) is 0 Å². The van der Waals surface area contributed by atoms with E-state index in [2.05, 4.69) is 0 Å². The van der Waals surface area contributed by atoms with Crippen LogP contribution in [0.25, 0.3) is 0 Å². The quantitative estimate of drug-likeness (QED) is 0.324. The molecule has 1 radical (unpaired) electrons. The summed E-state index contributed by atoms with van der Waals surface area (Å²) in [5, 5.41) is 0. The van der Waals surface area contributed by atoms with Gasteiger partial charge >= 0.3 is 6.43 Å². The second kappa shape index (κ2) is 2.82. The summed E-state index contributed by atoms with van der Waals surface area (Å²) in [6.07, 6.45) is -5.50. The Bertz CT molecular complexity index is 23.0. The fourth-order valence-corrected chi connectivity index (χ4v) is 0. The summed E-state index contributed by atoms with van der Waals surface area (Å²) in [5.74, 6) is 0. The Hall–Kier alpha value is 0.720. The molecular formula is CF4Na. The van der Waals surface area contributed by atoms with Gasteiger partial charge in [0.05, 0.1) is 0 Å². The molecule has 0 aromatic carbocycles. The van der Waals surface area contributed by atoms with Crippen LogP contribution < -0.4 is 0 Å². The van der Waals surface area contributed by atoms with Gasteiger partial charge in [-0.3, -0.25) is 0 Å². The van der Waals surface area contributed by atoms with Gasteiger partial charge in [-0.15, -0.1) is 17.6 Å². The van der Waals surface area contributed by atoms with Crippen LogP contribution in [0, 0.1) is 0 Å². The third kappa shape index (κ3) is 126. The third-order valence-electron chi connectivity index (χ3n) is 0. The van der Waals surface area contributed by atoms with E-state index < -0.39 is 6.43 Å². The molecule has 0 aliphatic rings. The monoisotopic (exact) mass is 111 g/mol. The Morgan fingerprint density at radius 2 is 0.833 bits per heavy atom. The van der Waals surface area contributed by atoms with Crippen LogP contribution in [0.15, 0.2) is 0 Å². The molecule has 0 saturated carbocycles. The molecule has 0 unspecified atom stereocenters. The van der Waals surface area contributed by atoms with E-state index in [0.29, 0.717) is 0 Å². The van der Waals surface area contributed by atoms with Gasteiger partial charge < -0.3 is 0 Å². The van der Waals surface area contributed by atoms with Crippen molar-refractivity contribution in [2.45, 2.75) is 6.43 Å². The molecule has 0 spiro atoms. The van der Waals surface area contributed by atoms with Gasteiger partial charge in [-0.1, -0.05) is 0 Å². The maximum Gasteiger partial charge on any atom is 0.559 e. The average Bonchev–Trinajstić information content (AvgIpc) is 0.722. The first kappa shape index (κ1) is 9.87. The van der Waals surface area contributed by atoms with Crippen molar-refractivity contribution in [3.8, 4) is 0 Å². The summed E-state index contributed by atoms with van der Waals surface area (Å²) in [7, 11) is 0. The van der Waals surface area contributed by atoms with Crippen molar-refractivity contribution in [3.63, 3.8) is 0 Å². The minimum Gasteiger partial charge on any atom is -0.140 e.